The van der Waals surface area contributed by atoms with Crippen molar-refractivity contribution in [2.24, 2.45) is 5.92 Å². The predicted molar refractivity (Wildman–Crippen MR) is 104 cm³/mol. The Bertz CT molecular complexity index is 812. The lowest BCUT2D eigenvalue weighted by molar-refractivity contribution is -0.137. The minimum atomic E-state index is -0.607. The van der Waals surface area contributed by atoms with E-state index in [9.17, 15) is 9.59 Å². The number of nitrogens with one attached hydrogen (secondary N) is 1. The molecule has 0 spiro atoms. The van der Waals surface area contributed by atoms with Gasteiger partial charge in [-0.05, 0) is 35.6 Å². The van der Waals surface area contributed by atoms with E-state index in [-0.39, 0.29) is 24.4 Å². The number of ketones is 1. The second-order valence-electron chi connectivity index (χ2n) is 7.54. The number of Topliss-reactive ketones (excluding diaryl/α,β-unsaturated/α-hetero) is 1. The minimum Gasteiger partial charge on any atom is -0.368 e. The molecule has 2 aromatic carbocycles. The first kappa shape index (κ1) is 19.5. The topological polar surface area (TPSA) is 64.6 Å². The van der Waals surface area contributed by atoms with Gasteiger partial charge in [0.1, 0.15) is 18.8 Å². The van der Waals surface area contributed by atoms with Crippen molar-refractivity contribution in [3.05, 3.63) is 48.0 Å². The molecule has 1 aliphatic heterocycles. The molecule has 1 N–H and O–H groups in total. The van der Waals surface area contributed by atoms with Crippen LogP contribution in [0.5, 0.6) is 0 Å². The molecule has 1 amide bonds. The van der Waals surface area contributed by atoms with Crippen LogP contribution in [0.2, 0.25) is 0 Å². The van der Waals surface area contributed by atoms with Crippen LogP contribution in [0.25, 0.3) is 10.8 Å². The van der Waals surface area contributed by atoms with E-state index in [1.165, 1.54) is 0 Å². The van der Waals surface area contributed by atoms with Crippen LogP contribution in [-0.2, 0) is 25.7 Å². The standard InChI is InChI=1S/C22H27NO4/c1-14(2)11-20(22(25)23-21-15(3)26-13-19(21)24)27-12-17-9-6-8-16-7-4-5-10-18(16)17/h4-10,14-15,20-21H,11-13H2,1-3H3,(H,23,25)/t15-,20+,21+/m1/s1. The van der Waals surface area contributed by atoms with Crippen molar-refractivity contribution >= 4 is 22.5 Å². The summed E-state index contributed by atoms with van der Waals surface area (Å²) >= 11 is 0. The minimum absolute atomic E-state index is 0.0534. The lowest BCUT2D eigenvalue weighted by Crippen LogP contribution is -2.48. The molecule has 1 fully saturated rings. The molecule has 1 aliphatic rings. The summed E-state index contributed by atoms with van der Waals surface area (Å²) in [6.07, 6.45) is -0.323. The van der Waals surface area contributed by atoms with E-state index >= 15 is 0 Å². The zero-order valence-electron chi connectivity index (χ0n) is 16.1. The Morgan fingerprint density at radius 1 is 1.22 bits per heavy atom. The predicted octanol–water partition coefficient (Wildman–Crippen LogP) is 3.24. The van der Waals surface area contributed by atoms with Crippen molar-refractivity contribution in [1.82, 2.24) is 5.32 Å². The van der Waals surface area contributed by atoms with Crippen molar-refractivity contribution in [1.29, 1.82) is 0 Å². The highest BCUT2D eigenvalue weighted by Gasteiger charge is 2.35. The average molecular weight is 369 g/mol. The molecular formula is C22H27NO4. The van der Waals surface area contributed by atoms with Crippen LogP contribution >= 0.6 is 0 Å². The molecule has 0 bridgehead atoms. The molecule has 2 aromatic rings. The summed E-state index contributed by atoms with van der Waals surface area (Å²) in [4.78, 5) is 24.7. The van der Waals surface area contributed by atoms with E-state index in [1.807, 2.05) is 38.1 Å². The first-order valence-corrected chi connectivity index (χ1v) is 9.48. The number of amides is 1. The SMILES string of the molecule is CC(C)C[C@H](OCc1cccc2ccccc12)C(=O)N[C@@H]1C(=O)CO[C@@H]1C. The van der Waals surface area contributed by atoms with Crippen LogP contribution in [0.3, 0.4) is 0 Å². The van der Waals surface area contributed by atoms with Crippen LogP contribution in [0, 0.1) is 5.92 Å². The summed E-state index contributed by atoms with van der Waals surface area (Å²) in [6.45, 7) is 6.29. The molecule has 0 saturated carbocycles. The van der Waals surface area contributed by atoms with Gasteiger partial charge in [-0.2, -0.15) is 0 Å². The smallest absolute Gasteiger partial charge is 0.249 e. The highest BCUT2D eigenvalue weighted by molar-refractivity contribution is 5.93. The van der Waals surface area contributed by atoms with Gasteiger partial charge in [0.25, 0.3) is 0 Å². The average Bonchev–Trinajstić information content (AvgIpc) is 2.96. The van der Waals surface area contributed by atoms with Crippen molar-refractivity contribution < 1.29 is 19.1 Å². The molecule has 1 heterocycles. The third-order valence-corrected chi connectivity index (χ3v) is 4.90. The van der Waals surface area contributed by atoms with E-state index in [4.69, 9.17) is 9.47 Å². The molecule has 1 saturated heterocycles. The fourth-order valence-corrected chi connectivity index (χ4v) is 3.39. The first-order chi connectivity index (χ1) is 13.0. The van der Waals surface area contributed by atoms with Gasteiger partial charge in [0.15, 0.2) is 5.78 Å². The van der Waals surface area contributed by atoms with Crippen LogP contribution in [0.1, 0.15) is 32.8 Å². The van der Waals surface area contributed by atoms with Gasteiger partial charge in [0.05, 0.1) is 12.7 Å². The van der Waals surface area contributed by atoms with Crippen LogP contribution in [-0.4, -0.2) is 36.5 Å². The number of benzene rings is 2. The van der Waals surface area contributed by atoms with Gasteiger partial charge in [-0.1, -0.05) is 56.3 Å². The zero-order chi connectivity index (χ0) is 19.4. The van der Waals surface area contributed by atoms with Gasteiger partial charge in [-0.15, -0.1) is 0 Å². The van der Waals surface area contributed by atoms with Crippen molar-refractivity contribution in [3.8, 4) is 0 Å². The number of carbonyl (C=O) groups is 2. The van der Waals surface area contributed by atoms with Gasteiger partial charge in [-0.25, -0.2) is 0 Å². The molecule has 0 radical (unpaired) electrons. The third kappa shape index (κ3) is 4.73. The summed E-state index contributed by atoms with van der Waals surface area (Å²) < 4.78 is 11.3. The second-order valence-corrected chi connectivity index (χ2v) is 7.54. The Balaban J connectivity index is 1.71. The molecule has 27 heavy (non-hydrogen) atoms. The molecule has 0 aliphatic carbocycles. The van der Waals surface area contributed by atoms with Gasteiger partial charge < -0.3 is 14.8 Å². The number of rotatable bonds is 7. The fourth-order valence-electron chi connectivity index (χ4n) is 3.39. The van der Waals surface area contributed by atoms with E-state index in [1.54, 1.807) is 6.92 Å². The normalized spacial score (nSPS) is 21.0. The molecule has 0 aromatic heterocycles. The molecule has 3 rings (SSSR count). The Morgan fingerprint density at radius 3 is 2.67 bits per heavy atom. The van der Waals surface area contributed by atoms with Crippen LogP contribution < -0.4 is 5.32 Å². The molecular weight excluding hydrogens is 342 g/mol. The summed E-state index contributed by atoms with van der Waals surface area (Å²) in [7, 11) is 0. The number of carbonyl (C=O) groups excluding carboxylic acids is 2. The molecule has 0 unspecified atom stereocenters. The number of hydrogen-bond acceptors (Lipinski definition) is 4. The first-order valence-electron chi connectivity index (χ1n) is 9.48. The van der Waals surface area contributed by atoms with Crippen LogP contribution in [0.15, 0.2) is 42.5 Å². The molecule has 3 atom stereocenters. The van der Waals surface area contributed by atoms with E-state index in [0.29, 0.717) is 18.9 Å². The van der Waals surface area contributed by atoms with E-state index in [0.717, 1.165) is 16.3 Å². The highest BCUT2D eigenvalue weighted by Crippen LogP contribution is 2.21. The number of ether oxygens (including phenoxy) is 2. The Hall–Kier alpha value is -2.24. The Kier molecular flexibility index (Phi) is 6.24. The van der Waals surface area contributed by atoms with Crippen molar-refractivity contribution in [2.45, 2.75) is 52.0 Å². The monoisotopic (exact) mass is 369 g/mol. The van der Waals surface area contributed by atoms with Crippen molar-refractivity contribution in [3.63, 3.8) is 0 Å². The highest BCUT2D eigenvalue weighted by atomic mass is 16.5. The zero-order valence-corrected chi connectivity index (χ0v) is 16.1. The number of fused-ring (bicyclic) bond motifs is 1. The summed E-state index contributed by atoms with van der Waals surface area (Å²) in [6, 6.07) is 13.6. The van der Waals surface area contributed by atoms with Crippen molar-refractivity contribution in [2.75, 3.05) is 6.61 Å². The maximum Gasteiger partial charge on any atom is 0.249 e. The molecule has 5 nitrogen and oxygen atoms in total. The van der Waals surface area contributed by atoms with Gasteiger partial charge in [-0.3, -0.25) is 9.59 Å². The summed E-state index contributed by atoms with van der Waals surface area (Å²) in [5.74, 6) is -0.0472. The lowest BCUT2D eigenvalue weighted by atomic mass is 10.0. The van der Waals surface area contributed by atoms with Gasteiger partial charge in [0.2, 0.25) is 5.91 Å². The van der Waals surface area contributed by atoms with E-state index in [2.05, 4.69) is 23.5 Å². The maximum absolute atomic E-state index is 12.8. The molecule has 5 heteroatoms. The quantitative estimate of drug-likeness (QED) is 0.814. The van der Waals surface area contributed by atoms with E-state index < -0.39 is 12.1 Å². The lowest BCUT2D eigenvalue weighted by Gasteiger charge is -2.22. The second kappa shape index (κ2) is 8.63. The Morgan fingerprint density at radius 2 is 1.96 bits per heavy atom. The largest absolute Gasteiger partial charge is 0.368 e. The summed E-state index contributed by atoms with van der Waals surface area (Å²) in [5.41, 5.74) is 1.04. The van der Waals surface area contributed by atoms with Gasteiger partial charge in [0, 0.05) is 0 Å². The third-order valence-electron chi connectivity index (χ3n) is 4.90. The summed E-state index contributed by atoms with van der Waals surface area (Å²) in [5, 5.41) is 5.09. The Labute approximate surface area is 160 Å². The fraction of sp³-hybridized carbons (Fsp3) is 0.455. The van der Waals surface area contributed by atoms with Gasteiger partial charge >= 0.3 is 0 Å². The maximum atomic E-state index is 12.8. The molecule has 144 valence electrons. The van der Waals surface area contributed by atoms with Crippen LogP contribution in [0.4, 0.5) is 0 Å². The number of hydrogen-bond donors (Lipinski definition) is 1.